The van der Waals surface area contributed by atoms with Gasteiger partial charge in [0.25, 0.3) is 0 Å². The average molecular weight is 216 g/mol. The molecule has 0 N–H and O–H groups in total. The summed E-state index contributed by atoms with van der Waals surface area (Å²) in [4.78, 5) is 4.90. The highest BCUT2D eigenvalue weighted by atomic mass is 32.2. The zero-order valence-electron chi connectivity index (χ0n) is 6.97. The topological polar surface area (TPSA) is 51.4 Å². The van der Waals surface area contributed by atoms with Crippen LogP contribution in [-0.4, -0.2) is 24.1 Å². The van der Waals surface area contributed by atoms with Crippen molar-refractivity contribution in [1.29, 1.82) is 0 Å². The normalized spacial score (nSPS) is 12.4. The molecule has 2 rings (SSSR count). The number of hydrogen-bond donors (Lipinski definition) is 0. The quantitative estimate of drug-likeness (QED) is 0.750. The Bertz CT molecular complexity index is 523. The third-order valence-corrected chi connectivity index (χ3v) is 3.39. The van der Waals surface area contributed by atoms with Crippen molar-refractivity contribution in [3.63, 3.8) is 0 Å². The Morgan fingerprint density at radius 1 is 1.62 bits per heavy atom. The molecule has 0 unspecified atom stereocenters. The van der Waals surface area contributed by atoms with Crippen LogP contribution in [0.5, 0.6) is 0 Å². The van der Waals surface area contributed by atoms with Crippen LogP contribution in [0, 0.1) is 0 Å². The first kappa shape index (κ1) is 8.71. The predicted octanol–water partition coefficient (Wildman–Crippen LogP) is 0.940. The molecule has 0 amide bonds. The third kappa shape index (κ3) is 1.73. The van der Waals surface area contributed by atoms with Gasteiger partial charge in [-0.3, -0.25) is 4.40 Å². The fraction of sp³-hybridized carbons (Fsp3) is 0.286. The molecule has 0 aliphatic carbocycles. The molecule has 4 nitrogen and oxygen atoms in total. The van der Waals surface area contributed by atoms with Crippen LogP contribution in [-0.2, 0) is 15.6 Å². The van der Waals surface area contributed by atoms with Gasteiger partial charge in [0.2, 0.25) is 0 Å². The van der Waals surface area contributed by atoms with E-state index in [4.69, 9.17) is 0 Å². The van der Waals surface area contributed by atoms with Gasteiger partial charge >= 0.3 is 0 Å². The van der Waals surface area contributed by atoms with Crippen LogP contribution in [0.25, 0.3) is 4.83 Å². The standard InChI is InChI=1S/C7H8N2O2S2/c1-13(10,11)4-6-3-12-7-2-8-5-9(6)7/h2-3,5H,4H2,1H3. The van der Waals surface area contributed by atoms with Gasteiger partial charge in [-0.1, -0.05) is 0 Å². The lowest BCUT2D eigenvalue weighted by Crippen LogP contribution is -2.02. The molecule has 2 heterocycles. The van der Waals surface area contributed by atoms with E-state index in [-0.39, 0.29) is 5.75 Å². The maximum absolute atomic E-state index is 11.0. The Labute approximate surface area is 79.8 Å². The van der Waals surface area contributed by atoms with E-state index in [1.165, 1.54) is 17.6 Å². The third-order valence-electron chi connectivity index (χ3n) is 1.64. The van der Waals surface area contributed by atoms with E-state index in [0.717, 1.165) is 10.5 Å². The Morgan fingerprint density at radius 2 is 2.38 bits per heavy atom. The molecule has 0 saturated carbocycles. The van der Waals surface area contributed by atoms with Crippen LogP contribution in [0.15, 0.2) is 17.9 Å². The summed E-state index contributed by atoms with van der Waals surface area (Å²) < 4.78 is 23.9. The van der Waals surface area contributed by atoms with Crippen molar-refractivity contribution in [1.82, 2.24) is 9.38 Å². The lowest BCUT2D eigenvalue weighted by molar-refractivity contribution is 0.600. The van der Waals surface area contributed by atoms with Gasteiger partial charge < -0.3 is 0 Å². The van der Waals surface area contributed by atoms with Gasteiger partial charge in [-0.25, -0.2) is 13.4 Å². The van der Waals surface area contributed by atoms with E-state index in [0.29, 0.717) is 0 Å². The SMILES string of the molecule is CS(=O)(=O)Cc1csc2cncn12. The lowest BCUT2D eigenvalue weighted by Gasteiger charge is -1.95. The van der Waals surface area contributed by atoms with Gasteiger partial charge in [0.15, 0.2) is 9.84 Å². The molecular formula is C7H8N2O2S2. The molecule has 0 aromatic carbocycles. The molecule has 0 atom stereocenters. The monoisotopic (exact) mass is 216 g/mol. The molecule has 0 spiro atoms. The van der Waals surface area contributed by atoms with Gasteiger partial charge in [-0.05, 0) is 0 Å². The summed E-state index contributed by atoms with van der Waals surface area (Å²) in [6, 6.07) is 0. The fourth-order valence-corrected chi connectivity index (χ4v) is 2.86. The lowest BCUT2D eigenvalue weighted by atomic mass is 10.6. The van der Waals surface area contributed by atoms with Crippen molar-refractivity contribution >= 4 is 26.0 Å². The minimum Gasteiger partial charge on any atom is -0.293 e. The summed E-state index contributed by atoms with van der Waals surface area (Å²) in [7, 11) is -2.96. The smallest absolute Gasteiger partial charge is 0.153 e. The Kier molecular flexibility index (Phi) is 1.88. The largest absolute Gasteiger partial charge is 0.293 e. The van der Waals surface area contributed by atoms with Crippen molar-refractivity contribution in [2.75, 3.05) is 6.26 Å². The number of hydrogen-bond acceptors (Lipinski definition) is 4. The summed E-state index contributed by atoms with van der Waals surface area (Å²) in [5.74, 6) is 0.0728. The van der Waals surface area contributed by atoms with Crippen LogP contribution in [0.2, 0.25) is 0 Å². The van der Waals surface area contributed by atoms with Gasteiger partial charge in [0.05, 0.1) is 11.9 Å². The van der Waals surface area contributed by atoms with E-state index in [2.05, 4.69) is 4.98 Å². The summed E-state index contributed by atoms with van der Waals surface area (Å²) in [5, 5.41) is 1.85. The highest BCUT2D eigenvalue weighted by Crippen LogP contribution is 2.17. The molecule has 0 bridgehead atoms. The molecule has 0 fully saturated rings. The minimum atomic E-state index is -2.96. The van der Waals surface area contributed by atoms with Crippen LogP contribution in [0.4, 0.5) is 0 Å². The number of nitrogens with zero attached hydrogens (tertiary/aromatic N) is 2. The molecule has 13 heavy (non-hydrogen) atoms. The summed E-state index contributed by atoms with van der Waals surface area (Å²) >= 11 is 1.50. The van der Waals surface area contributed by atoms with E-state index in [9.17, 15) is 8.42 Å². The number of thiazole rings is 1. The number of fused-ring (bicyclic) bond motifs is 1. The fourth-order valence-electron chi connectivity index (χ4n) is 1.14. The summed E-state index contributed by atoms with van der Waals surface area (Å²) in [5.41, 5.74) is 0.778. The molecule has 2 aromatic heterocycles. The van der Waals surface area contributed by atoms with Crippen molar-refractivity contribution in [2.24, 2.45) is 0 Å². The highest BCUT2D eigenvalue weighted by molar-refractivity contribution is 7.89. The van der Waals surface area contributed by atoms with Crippen LogP contribution < -0.4 is 0 Å². The Morgan fingerprint density at radius 3 is 3.08 bits per heavy atom. The molecule has 0 radical (unpaired) electrons. The zero-order chi connectivity index (χ0) is 9.47. The summed E-state index contributed by atoms with van der Waals surface area (Å²) in [6.45, 7) is 0. The number of imidazole rings is 1. The molecule has 0 aliphatic heterocycles. The average Bonchev–Trinajstić information content (AvgIpc) is 2.50. The van der Waals surface area contributed by atoms with E-state index < -0.39 is 9.84 Å². The minimum absolute atomic E-state index is 0.0728. The number of aromatic nitrogens is 2. The van der Waals surface area contributed by atoms with Crippen molar-refractivity contribution < 1.29 is 8.42 Å². The second kappa shape index (κ2) is 2.81. The number of rotatable bonds is 2. The predicted molar refractivity (Wildman–Crippen MR) is 51.6 cm³/mol. The maximum Gasteiger partial charge on any atom is 0.153 e. The second-order valence-corrected chi connectivity index (χ2v) is 5.93. The van der Waals surface area contributed by atoms with Gasteiger partial charge in [-0.15, -0.1) is 11.3 Å². The molecular weight excluding hydrogens is 208 g/mol. The molecule has 70 valence electrons. The van der Waals surface area contributed by atoms with Crippen molar-refractivity contribution in [3.05, 3.63) is 23.6 Å². The Hall–Kier alpha value is -0.880. The van der Waals surface area contributed by atoms with Gasteiger partial charge in [0, 0.05) is 17.3 Å². The van der Waals surface area contributed by atoms with Crippen molar-refractivity contribution in [3.8, 4) is 0 Å². The van der Waals surface area contributed by atoms with Crippen molar-refractivity contribution in [2.45, 2.75) is 5.75 Å². The number of sulfone groups is 1. The van der Waals surface area contributed by atoms with Crippen LogP contribution in [0.1, 0.15) is 5.69 Å². The molecule has 0 aliphatic rings. The Balaban J connectivity index is 2.50. The zero-order valence-corrected chi connectivity index (χ0v) is 8.60. The van der Waals surface area contributed by atoms with Crippen LogP contribution in [0.3, 0.4) is 0 Å². The molecule has 2 aromatic rings. The first-order chi connectivity index (χ1) is 6.06. The molecule has 6 heteroatoms. The van der Waals surface area contributed by atoms with Crippen LogP contribution >= 0.6 is 11.3 Å². The maximum atomic E-state index is 11.0. The van der Waals surface area contributed by atoms with Gasteiger partial charge in [-0.2, -0.15) is 0 Å². The van der Waals surface area contributed by atoms with Gasteiger partial charge in [0.1, 0.15) is 11.2 Å². The summed E-state index contributed by atoms with van der Waals surface area (Å²) in [6.07, 6.45) is 4.58. The van der Waals surface area contributed by atoms with E-state index in [1.807, 2.05) is 5.38 Å². The second-order valence-electron chi connectivity index (χ2n) is 2.90. The molecule has 0 saturated heterocycles. The first-order valence-electron chi connectivity index (χ1n) is 3.62. The first-order valence-corrected chi connectivity index (χ1v) is 6.56. The van der Waals surface area contributed by atoms with E-state index in [1.54, 1.807) is 16.9 Å². The highest BCUT2D eigenvalue weighted by Gasteiger charge is 2.09. The van der Waals surface area contributed by atoms with E-state index >= 15 is 0 Å².